The van der Waals surface area contributed by atoms with Crippen molar-refractivity contribution >= 4 is 40.6 Å². The first kappa shape index (κ1) is 23.9. The van der Waals surface area contributed by atoms with E-state index in [4.69, 9.17) is 4.74 Å². The number of non-ortho nitro benzene ring substituents is 1. The predicted molar refractivity (Wildman–Crippen MR) is 138 cm³/mol. The average Bonchev–Trinajstić information content (AvgIpc) is 3.16. The summed E-state index contributed by atoms with van der Waals surface area (Å²) in [6.07, 6.45) is 2.99. The maximum absolute atomic E-state index is 13.0. The van der Waals surface area contributed by atoms with E-state index >= 15 is 0 Å². The van der Waals surface area contributed by atoms with Crippen LogP contribution in [0.3, 0.4) is 0 Å². The minimum Gasteiger partial charge on any atom is -0.484 e. The van der Waals surface area contributed by atoms with E-state index in [1.54, 1.807) is 66.7 Å². The van der Waals surface area contributed by atoms with E-state index in [-0.39, 0.29) is 11.5 Å². The summed E-state index contributed by atoms with van der Waals surface area (Å²) in [5, 5.41) is 14.1. The Labute approximate surface area is 212 Å². The van der Waals surface area contributed by atoms with Crippen LogP contribution in [0.15, 0.2) is 84.4 Å². The fourth-order valence-electron chi connectivity index (χ4n) is 4.53. The van der Waals surface area contributed by atoms with Gasteiger partial charge in [0.25, 0.3) is 5.69 Å². The Balaban J connectivity index is 1.35. The largest absolute Gasteiger partial charge is 0.484 e. The van der Waals surface area contributed by atoms with Crippen molar-refractivity contribution in [2.75, 3.05) is 5.32 Å². The molecule has 1 unspecified atom stereocenters. The van der Waals surface area contributed by atoms with E-state index in [2.05, 4.69) is 5.32 Å². The number of fused-ring (bicyclic) bond motifs is 2. The minimum absolute atomic E-state index is 0.0196. The lowest BCUT2D eigenvalue weighted by Crippen LogP contribution is -2.43. The molecule has 184 valence electrons. The number of nitro benzene ring substituents is 1. The lowest BCUT2D eigenvalue weighted by Gasteiger charge is -2.29. The molecule has 1 N–H and O–H groups in total. The van der Waals surface area contributed by atoms with E-state index in [0.29, 0.717) is 39.3 Å². The highest BCUT2D eigenvalue weighted by molar-refractivity contribution is 6.52. The highest BCUT2D eigenvalue weighted by atomic mass is 16.6. The van der Waals surface area contributed by atoms with Gasteiger partial charge in [0.05, 0.1) is 16.5 Å². The third kappa shape index (κ3) is 4.33. The smallest absolute Gasteiger partial charge is 0.269 e. The Morgan fingerprint density at radius 2 is 1.59 bits per heavy atom. The van der Waals surface area contributed by atoms with E-state index in [1.807, 2.05) is 13.8 Å². The molecule has 0 bridgehead atoms. The van der Waals surface area contributed by atoms with Crippen molar-refractivity contribution in [2.45, 2.75) is 25.5 Å². The fraction of sp³-hybridized carbons (Fsp3) is 0.138. The summed E-state index contributed by atoms with van der Waals surface area (Å²) in [6, 6.07) is 19.0. The Morgan fingerprint density at radius 1 is 0.946 bits per heavy atom. The molecule has 0 fully saturated rings. The topological polar surface area (TPSA) is 116 Å². The molecule has 5 rings (SSSR count). The second-order valence-corrected chi connectivity index (χ2v) is 9.35. The first-order chi connectivity index (χ1) is 17.7. The van der Waals surface area contributed by atoms with Gasteiger partial charge in [-0.05, 0) is 61.9 Å². The van der Waals surface area contributed by atoms with Crippen molar-refractivity contribution < 1.29 is 24.0 Å². The number of carbonyl (C=O) groups excluding carboxylic acids is 3. The molecule has 3 aromatic rings. The Hall–Kier alpha value is -4.85. The zero-order valence-corrected chi connectivity index (χ0v) is 20.1. The van der Waals surface area contributed by atoms with Crippen LogP contribution in [0.4, 0.5) is 11.4 Å². The second-order valence-electron chi connectivity index (χ2n) is 9.35. The molecule has 1 aliphatic heterocycles. The number of hydrogen-bond donors (Lipinski definition) is 1. The average molecular weight is 495 g/mol. The maximum atomic E-state index is 13.0. The quantitative estimate of drug-likeness (QED) is 0.163. The number of nitrogens with zero attached hydrogens (tertiary/aromatic N) is 1. The van der Waals surface area contributed by atoms with E-state index in [1.165, 1.54) is 18.2 Å². The summed E-state index contributed by atoms with van der Waals surface area (Å²) in [5.41, 5.74) is 2.20. The van der Waals surface area contributed by atoms with Gasteiger partial charge >= 0.3 is 0 Å². The highest BCUT2D eigenvalue weighted by Crippen LogP contribution is 2.44. The van der Waals surface area contributed by atoms with Crippen LogP contribution in [0.5, 0.6) is 0 Å². The number of hydrogen-bond acceptors (Lipinski definition) is 7. The molecule has 8 heteroatoms. The minimum atomic E-state index is -0.806. The molecule has 1 atom stereocenters. The Bertz CT molecular complexity index is 1510. The van der Waals surface area contributed by atoms with Gasteiger partial charge in [-0.15, -0.1) is 0 Å². The molecule has 0 saturated heterocycles. The van der Waals surface area contributed by atoms with Crippen LogP contribution >= 0.6 is 0 Å². The number of ether oxygens (including phenoxy) is 1. The van der Waals surface area contributed by atoms with Crippen molar-refractivity contribution in [3.8, 4) is 0 Å². The number of Topliss-reactive ketones (excluding diaryl/α,β-unsaturated/α-hetero) is 2. The number of nitro groups is 1. The molecular formula is C29H22N2O6. The van der Waals surface area contributed by atoms with Gasteiger partial charge in [0.2, 0.25) is 11.6 Å². The normalized spacial score (nSPS) is 17.8. The second kappa shape index (κ2) is 8.98. The van der Waals surface area contributed by atoms with E-state index < -0.39 is 28.1 Å². The molecule has 0 saturated carbocycles. The molecule has 1 heterocycles. The van der Waals surface area contributed by atoms with Crippen LogP contribution in [0.2, 0.25) is 0 Å². The Kier molecular flexibility index (Phi) is 5.79. The molecule has 0 amide bonds. The van der Waals surface area contributed by atoms with Crippen molar-refractivity contribution in [1.29, 1.82) is 0 Å². The zero-order valence-electron chi connectivity index (χ0n) is 20.1. The summed E-state index contributed by atoms with van der Waals surface area (Å²) in [6.45, 7) is 3.70. The summed E-state index contributed by atoms with van der Waals surface area (Å²) >= 11 is 0. The van der Waals surface area contributed by atoms with Gasteiger partial charge in [0.1, 0.15) is 11.4 Å². The molecule has 1 aliphatic carbocycles. The lowest BCUT2D eigenvalue weighted by atomic mass is 9.83. The number of rotatable bonds is 6. The van der Waals surface area contributed by atoms with Gasteiger partial charge in [-0.1, -0.05) is 30.3 Å². The monoisotopic (exact) mass is 494 g/mol. The van der Waals surface area contributed by atoms with Crippen molar-refractivity contribution in [1.82, 2.24) is 0 Å². The highest BCUT2D eigenvalue weighted by Gasteiger charge is 2.50. The maximum Gasteiger partial charge on any atom is 0.269 e. The first-order valence-corrected chi connectivity index (χ1v) is 11.6. The molecule has 3 aromatic carbocycles. The van der Waals surface area contributed by atoms with Crippen LogP contribution in [-0.2, 0) is 9.53 Å². The van der Waals surface area contributed by atoms with Crippen molar-refractivity contribution in [3.05, 3.63) is 117 Å². The Morgan fingerprint density at radius 3 is 2.24 bits per heavy atom. The zero-order chi connectivity index (χ0) is 26.3. The van der Waals surface area contributed by atoms with Crippen LogP contribution < -0.4 is 5.32 Å². The standard InChI is InChI=1S/C29H22N2O6/c1-29(2)28(24-26(34)25(33)21-5-3-4-6-22(21)27(24)37-29)30-19-12-10-18(11-13-19)23(32)16-9-17-7-14-20(15-8-17)31(35)36/h3-16,28,30H,1-2H3/b16-9+. The number of benzene rings is 3. The third-order valence-corrected chi connectivity index (χ3v) is 6.47. The first-order valence-electron chi connectivity index (χ1n) is 11.6. The number of allylic oxidation sites excluding steroid dienone is 1. The number of anilines is 1. The van der Waals surface area contributed by atoms with Crippen molar-refractivity contribution in [3.63, 3.8) is 0 Å². The third-order valence-electron chi connectivity index (χ3n) is 6.47. The predicted octanol–water partition coefficient (Wildman–Crippen LogP) is 5.26. The van der Waals surface area contributed by atoms with Gasteiger partial charge in [0, 0.05) is 34.5 Å². The van der Waals surface area contributed by atoms with Gasteiger partial charge < -0.3 is 10.1 Å². The van der Waals surface area contributed by atoms with Gasteiger partial charge in [-0.3, -0.25) is 24.5 Å². The van der Waals surface area contributed by atoms with Gasteiger partial charge in [0.15, 0.2) is 5.78 Å². The number of ketones is 3. The SMILES string of the molecule is CC1(C)OC2=C(C(=O)C(=O)c3ccccc32)C1Nc1ccc(C(=O)/C=C/c2ccc([N+](=O)[O-])cc2)cc1. The van der Waals surface area contributed by atoms with Crippen LogP contribution in [0, 0.1) is 10.1 Å². The molecule has 0 spiro atoms. The van der Waals surface area contributed by atoms with Crippen LogP contribution in [-0.4, -0.2) is 33.9 Å². The van der Waals surface area contributed by atoms with Gasteiger partial charge in [-0.2, -0.15) is 0 Å². The number of carbonyl (C=O) groups is 3. The van der Waals surface area contributed by atoms with E-state index in [9.17, 15) is 24.5 Å². The summed E-state index contributed by atoms with van der Waals surface area (Å²) in [4.78, 5) is 48.7. The van der Waals surface area contributed by atoms with Crippen LogP contribution in [0.25, 0.3) is 11.8 Å². The molecule has 0 radical (unpaired) electrons. The molecule has 37 heavy (non-hydrogen) atoms. The van der Waals surface area contributed by atoms with Gasteiger partial charge in [-0.25, -0.2) is 0 Å². The van der Waals surface area contributed by atoms with E-state index in [0.717, 1.165) is 0 Å². The molecule has 8 nitrogen and oxygen atoms in total. The summed E-state index contributed by atoms with van der Waals surface area (Å²) in [5.74, 6) is -0.946. The molecule has 2 aliphatic rings. The van der Waals surface area contributed by atoms with Crippen LogP contribution in [0.1, 0.15) is 45.7 Å². The van der Waals surface area contributed by atoms with Crippen molar-refractivity contribution in [2.24, 2.45) is 0 Å². The molecule has 0 aromatic heterocycles. The molecular weight excluding hydrogens is 472 g/mol. The fourth-order valence-corrected chi connectivity index (χ4v) is 4.53. The lowest BCUT2D eigenvalue weighted by molar-refractivity contribution is -0.384. The number of nitrogens with one attached hydrogen (secondary N) is 1. The summed E-state index contributed by atoms with van der Waals surface area (Å²) < 4.78 is 6.18. The summed E-state index contributed by atoms with van der Waals surface area (Å²) in [7, 11) is 0.